The molecular weight excluding hydrogens is 394 g/mol. The van der Waals surface area contributed by atoms with Gasteiger partial charge in [-0.2, -0.15) is 0 Å². The molecule has 0 aromatic heterocycles. The van der Waals surface area contributed by atoms with Crippen molar-refractivity contribution in [1.82, 2.24) is 5.32 Å². The Balaban J connectivity index is 2.03. The summed E-state index contributed by atoms with van der Waals surface area (Å²) >= 11 is 3.51. The van der Waals surface area contributed by atoms with Crippen LogP contribution in [0.2, 0.25) is 0 Å². The predicted octanol–water partition coefficient (Wildman–Crippen LogP) is 4.54. The lowest BCUT2D eigenvalue weighted by Crippen LogP contribution is -2.37. The van der Waals surface area contributed by atoms with Crippen molar-refractivity contribution in [2.75, 3.05) is 14.2 Å². The van der Waals surface area contributed by atoms with E-state index in [9.17, 15) is 4.79 Å². The summed E-state index contributed by atoms with van der Waals surface area (Å²) in [6.45, 7) is 2.13. The lowest BCUT2D eigenvalue weighted by Gasteiger charge is -2.19. The average Bonchev–Trinajstić information content (AvgIpc) is 2.64. The first-order chi connectivity index (χ1) is 12.5. The zero-order valence-electron chi connectivity index (χ0n) is 15.5. The number of amides is 1. The van der Waals surface area contributed by atoms with Gasteiger partial charge in [-0.05, 0) is 54.3 Å². The van der Waals surface area contributed by atoms with Crippen LogP contribution in [0.1, 0.15) is 30.9 Å². The van der Waals surface area contributed by atoms with Crippen LogP contribution in [0, 0.1) is 0 Å². The maximum absolute atomic E-state index is 12.6. The Morgan fingerprint density at radius 2 is 1.85 bits per heavy atom. The van der Waals surface area contributed by atoms with Gasteiger partial charge in [0.1, 0.15) is 11.5 Å². The number of methoxy groups -OCH3 is 2. The third-order valence-corrected chi connectivity index (χ3v) is 5.00. The molecular formula is C21H26BrNO3. The minimum absolute atomic E-state index is 0.0142. The zero-order chi connectivity index (χ0) is 18.9. The molecule has 1 N–H and O–H groups in total. The largest absolute Gasteiger partial charge is 0.497 e. The molecule has 0 saturated carbocycles. The predicted molar refractivity (Wildman–Crippen MR) is 108 cm³/mol. The van der Waals surface area contributed by atoms with Gasteiger partial charge in [0.25, 0.3) is 0 Å². The van der Waals surface area contributed by atoms with Crippen molar-refractivity contribution in [2.45, 2.75) is 38.6 Å². The quantitative estimate of drug-likeness (QED) is 0.648. The van der Waals surface area contributed by atoms with Crippen LogP contribution in [0.3, 0.4) is 0 Å². The van der Waals surface area contributed by atoms with E-state index in [1.165, 1.54) is 0 Å². The van der Waals surface area contributed by atoms with E-state index in [0.29, 0.717) is 6.42 Å². The third-order valence-electron chi connectivity index (χ3n) is 4.22. The van der Waals surface area contributed by atoms with Gasteiger partial charge >= 0.3 is 0 Å². The monoisotopic (exact) mass is 419 g/mol. The molecule has 2 aromatic rings. The summed E-state index contributed by atoms with van der Waals surface area (Å²) in [5.74, 6) is 1.60. The standard InChI is InChI=1S/C21H26BrNO3/c1-4-6-17(11-15-7-5-8-18(12-15)25-2)23-21(24)14-16-13-19(26-3)9-10-20(16)22/h5,7-10,12-13,17H,4,6,11,14H2,1-3H3,(H,23,24). The molecule has 0 aliphatic carbocycles. The van der Waals surface area contributed by atoms with Gasteiger partial charge in [-0.1, -0.05) is 41.4 Å². The minimum atomic E-state index is 0.0142. The van der Waals surface area contributed by atoms with Crippen LogP contribution < -0.4 is 14.8 Å². The van der Waals surface area contributed by atoms with E-state index in [4.69, 9.17) is 9.47 Å². The van der Waals surface area contributed by atoms with Gasteiger partial charge in [0, 0.05) is 10.5 Å². The molecule has 2 rings (SSSR count). The average molecular weight is 420 g/mol. The molecule has 0 spiro atoms. The molecule has 0 heterocycles. The normalized spacial score (nSPS) is 11.7. The molecule has 0 aliphatic rings. The summed E-state index contributed by atoms with van der Waals surface area (Å²) in [6.07, 6.45) is 3.05. The SMILES string of the molecule is CCCC(Cc1cccc(OC)c1)NC(=O)Cc1cc(OC)ccc1Br. The number of carbonyl (C=O) groups is 1. The highest BCUT2D eigenvalue weighted by Gasteiger charge is 2.15. The minimum Gasteiger partial charge on any atom is -0.497 e. The van der Waals surface area contributed by atoms with Gasteiger partial charge < -0.3 is 14.8 Å². The van der Waals surface area contributed by atoms with E-state index in [-0.39, 0.29) is 11.9 Å². The van der Waals surface area contributed by atoms with E-state index in [1.807, 2.05) is 36.4 Å². The van der Waals surface area contributed by atoms with E-state index >= 15 is 0 Å². The van der Waals surface area contributed by atoms with E-state index < -0.39 is 0 Å². The van der Waals surface area contributed by atoms with Gasteiger partial charge in [0.15, 0.2) is 0 Å². The molecule has 0 aliphatic heterocycles. The maximum atomic E-state index is 12.6. The molecule has 1 unspecified atom stereocenters. The number of ether oxygens (including phenoxy) is 2. The topological polar surface area (TPSA) is 47.6 Å². The highest BCUT2D eigenvalue weighted by atomic mass is 79.9. The fourth-order valence-corrected chi connectivity index (χ4v) is 3.31. The van der Waals surface area contributed by atoms with Crippen molar-refractivity contribution in [3.63, 3.8) is 0 Å². The second-order valence-corrected chi connectivity index (χ2v) is 7.10. The van der Waals surface area contributed by atoms with E-state index in [1.54, 1.807) is 14.2 Å². The van der Waals surface area contributed by atoms with Gasteiger partial charge in [-0.3, -0.25) is 4.79 Å². The van der Waals surface area contributed by atoms with Gasteiger partial charge in [0.05, 0.1) is 20.6 Å². The summed E-state index contributed by atoms with van der Waals surface area (Å²) in [5.41, 5.74) is 2.07. The number of nitrogens with one attached hydrogen (secondary N) is 1. The number of benzene rings is 2. The van der Waals surface area contributed by atoms with E-state index in [2.05, 4.69) is 34.2 Å². The first-order valence-corrected chi connectivity index (χ1v) is 9.59. The molecule has 1 amide bonds. The van der Waals surface area contributed by atoms with Crippen LogP contribution in [0.15, 0.2) is 46.9 Å². The summed E-state index contributed by atoms with van der Waals surface area (Å²) in [4.78, 5) is 12.6. The molecule has 2 aromatic carbocycles. The zero-order valence-corrected chi connectivity index (χ0v) is 17.1. The van der Waals surface area contributed by atoms with Crippen molar-refractivity contribution >= 4 is 21.8 Å². The van der Waals surface area contributed by atoms with Crippen LogP contribution in [-0.4, -0.2) is 26.2 Å². The third kappa shape index (κ3) is 6.06. The fourth-order valence-electron chi connectivity index (χ4n) is 2.92. The molecule has 140 valence electrons. The molecule has 5 heteroatoms. The Hall–Kier alpha value is -2.01. The van der Waals surface area contributed by atoms with Crippen molar-refractivity contribution in [1.29, 1.82) is 0 Å². The van der Waals surface area contributed by atoms with Gasteiger partial charge in [0.2, 0.25) is 5.91 Å². The van der Waals surface area contributed by atoms with Crippen molar-refractivity contribution in [3.8, 4) is 11.5 Å². The second-order valence-electron chi connectivity index (χ2n) is 6.24. The number of rotatable bonds is 9. The van der Waals surface area contributed by atoms with E-state index in [0.717, 1.165) is 46.4 Å². The first-order valence-electron chi connectivity index (χ1n) is 8.80. The molecule has 0 radical (unpaired) electrons. The number of hydrogen-bond acceptors (Lipinski definition) is 3. The summed E-state index contributed by atoms with van der Waals surface area (Å²) < 4.78 is 11.4. The number of halogens is 1. The van der Waals surface area contributed by atoms with Crippen LogP contribution in [-0.2, 0) is 17.6 Å². The summed E-state index contributed by atoms with van der Waals surface area (Å²) in [7, 11) is 3.29. The molecule has 0 saturated heterocycles. The lowest BCUT2D eigenvalue weighted by molar-refractivity contribution is -0.121. The summed E-state index contributed by atoms with van der Waals surface area (Å²) in [6, 6.07) is 13.8. The summed E-state index contributed by atoms with van der Waals surface area (Å²) in [5, 5.41) is 3.18. The van der Waals surface area contributed by atoms with Crippen LogP contribution in [0.4, 0.5) is 0 Å². The highest BCUT2D eigenvalue weighted by molar-refractivity contribution is 9.10. The van der Waals surface area contributed by atoms with Crippen LogP contribution in [0.5, 0.6) is 11.5 Å². The Morgan fingerprint density at radius 3 is 2.54 bits per heavy atom. The molecule has 4 nitrogen and oxygen atoms in total. The molecule has 0 bridgehead atoms. The Morgan fingerprint density at radius 1 is 1.12 bits per heavy atom. The number of hydrogen-bond donors (Lipinski definition) is 1. The molecule has 26 heavy (non-hydrogen) atoms. The Labute approximate surface area is 164 Å². The fraction of sp³-hybridized carbons (Fsp3) is 0.381. The van der Waals surface area contributed by atoms with Crippen molar-refractivity contribution in [3.05, 3.63) is 58.1 Å². The van der Waals surface area contributed by atoms with Crippen LogP contribution >= 0.6 is 15.9 Å². The Bertz CT molecular complexity index is 733. The van der Waals surface area contributed by atoms with Crippen molar-refractivity contribution in [2.24, 2.45) is 0 Å². The molecule has 1 atom stereocenters. The lowest BCUT2D eigenvalue weighted by atomic mass is 10.0. The molecule has 0 fully saturated rings. The smallest absolute Gasteiger partial charge is 0.224 e. The first kappa shape index (κ1) is 20.3. The van der Waals surface area contributed by atoms with Crippen molar-refractivity contribution < 1.29 is 14.3 Å². The van der Waals surface area contributed by atoms with Gasteiger partial charge in [-0.15, -0.1) is 0 Å². The number of carbonyl (C=O) groups excluding carboxylic acids is 1. The Kier molecular flexibility index (Phi) is 7.98. The van der Waals surface area contributed by atoms with Gasteiger partial charge in [-0.25, -0.2) is 0 Å². The second kappa shape index (κ2) is 10.2. The highest BCUT2D eigenvalue weighted by Crippen LogP contribution is 2.23. The van der Waals surface area contributed by atoms with Crippen LogP contribution in [0.25, 0.3) is 0 Å². The maximum Gasteiger partial charge on any atom is 0.224 e.